The van der Waals surface area contributed by atoms with Crippen molar-refractivity contribution >= 4 is 23.1 Å². The smallest absolute Gasteiger partial charge is 0.301 e. The van der Waals surface area contributed by atoms with Crippen LogP contribution in [0.2, 0.25) is 0 Å². The Kier molecular flexibility index (Phi) is 4.43. The summed E-state index contributed by atoms with van der Waals surface area (Å²) >= 11 is 0. The number of methoxy groups -OCH3 is 1. The van der Waals surface area contributed by atoms with Crippen molar-refractivity contribution in [2.45, 2.75) is 6.92 Å². The van der Waals surface area contributed by atoms with E-state index in [1.54, 1.807) is 48.5 Å². The van der Waals surface area contributed by atoms with Gasteiger partial charge in [0, 0.05) is 11.6 Å². The van der Waals surface area contributed by atoms with Gasteiger partial charge in [-0.15, -0.1) is 0 Å². The fourth-order valence-electron chi connectivity index (χ4n) is 2.73. The van der Waals surface area contributed by atoms with E-state index in [4.69, 9.17) is 9.47 Å². The van der Waals surface area contributed by atoms with Crippen molar-refractivity contribution in [2.24, 2.45) is 0 Å². The highest BCUT2D eigenvalue weighted by Gasteiger charge is 2.41. The van der Waals surface area contributed by atoms with Gasteiger partial charge in [0.2, 0.25) is 0 Å². The summed E-state index contributed by atoms with van der Waals surface area (Å²) < 4.78 is 10.6. The van der Waals surface area contributed by atoms with Gasteiger partial charge in [-0.2, -0.15) is 0 Å². The number of aliphatic hydroxyl groups excluding tert-OH is 1. The molecular weight excluding hydrogens is 322 g/mol. The number of aliphatic hydroxyl groups is 1. The van der Waals surface area contributed by atoms with Crippen LogP contribution in [0.15, 0.2) is 54.3 Å². The zero-order valence-corrected chi connectivity index (χ0v) is 13.9. The quantitative estimate of drug-likeness (QED) is 0.848. The molecule has 6 nitrogen and oxygen atoms in total. The van der Waals surface area contributed by atoms with Crippen molar-refractivity contribution in [3.8, 4) is 11.5 Å². The molecule has 128 valence electrons. The van der Waals surface area contributed by atoms with E-state index < -0.39 is 17.6 Å². The minimum absolute atomic E-state index is 0.0794. The predicted octanol–water partition coefficient (Wildman–Crippen LogP) is 2.94. The third kappa shape index (κ3) is 2.82. The molecule has 0 aromatic heterocycles. The zero-order chi connectivity index (χ0) is 18.0. The maximum absolute atomic E-state index is 12.9. The Morgan fingerprint density at radius 1 is 1.04 bits per heavy atom. The van der Waals surface area contributed by atoms with E-state index in [9.17, 15) is 14.7 Å². The lowest BCUT2D eigenvalue weighted by molar-refractivity contribution is -0.121. The first kappa shape index (κ1) is 16.6. The molecule has 0 saturated heterocycles. The summed E-state index contributed by atoms with van der Waals surface area (Å²) in [7, 11) is 1.46. The fourth-order valence-corrected chi connectivity index (χ4v) is 2.73. The Morgan fingerprint density at radius 3 is 2.52 bits per heavy atom. The molecule has 0 radical (unpaired) electrons. The van der Waals surface area contributed by atoms with Gasteiger partial charge in [-0.3, -0.25) is 9.59 Å². The SMILES string of the molecule is CCOc1cccc(N2C(=O)C(O)=C(c3ccccc3OC)C2=O)c1. The molecule has 0 saturated carbocycles. The highest BCUT2D eigenvalue weighted by molar-refractivity contribution is 6.45. The van der Waals surface area contributed by atoms with Gasteiger partial charge in [0.15, 0.2) is 5.76 Å². The van der Waals surface area contributed by atoms with Crippen molar-refractivity contribution in [3.63, 3.8) is 0 Å². The Labute approximate surface area is 144 Å². The van der Waals surface area contributed by atoms with E-state index in [-0.39, 0.29) is 5.57 Å². The van der Waals surface area contributed by atoms with Gasteiger partial charge in [0.05, 0.1) is 25.0 Å². The second-order valence-corrected chi connectivity index (χ2v) is 5.30. The lowest BCUT2D eigenvalue weighted by Gasteiger charge is -2.16. The Hall–Kier alpha value is -3.28. The van der Waals surface area contributed by atoms with E-state index in [2.05, 4.69) is 0 Å². The summed E-state index contributed by atoms with van der Waals surface area (Å²) in [6.07, 6.45) is 0. The van der Waals surface area contributed by atoms with E-state index in [0.29, 0.717) is 29.4 Å². The van der Waals surface area contributed by atoms with Crippen LogP contribution >= 0.6 is 0 Å². The average molecular weight is 339 g/mol. The molecule has 0 fully saturated rings. The molecule has 2 aromatic carbocycles. The number of hydrogen-bond acceptors (Lipinski definition) is 5. The van der Waals surface area contributed by atoms with Crippen LogP contribution in [-0.2, 0) is 9.59 Å². The van der Waals surface area contributed by atoms with Crippen molar-refractivity contribution in [2.75, 3.05) is 18.6 Å². The molecule has 1 aliphatic rings. The van der Waals surface area contributed by atoms with Gasteiger partial charge in [0.25, 0.3) is 5.91 Å². The summed E-state index contributed by atoms with van der Waals surface area (Å²) in [5, 5.41) is 10.3. The van der Waals surface area contributed by atoms with Gasteiger partial charge in [-0.1, -0.05) is 24.3 Å². The molecule has 3 rings (SSSR count). The highest BCUT2D eigenvalue weighted by atomic mass is 16.5. The van der Waals surface area contributed by atoms with Crippen molar-refractivity contribution < 1.29 is 24.2 Å². The zero-order valence-electron chi connectivity index (χ0n) is 13.9. The molecule has 6 heteroatoms. The molecule has 2 amide bonds. The minimum Gasteiger partial charge on any atom is -0.502 e. The number of carbonyl (C=O) groups is 2. The first-order chi connectivity index (χ1) is 12.1. The van der Waals surface area contributed by atoms with Gasteiger partial charge in [-0.05, 0) is 25.1 Å². The molecule has 1 heterocycles. The van der Waals surface area contributed by atoms with Crippen molar-refractivity contribution in [1.82, 2.24) is 0 Å². The van der Waals surface area contributed by atoms with Crippen LogP contribution in [0.25, 0.3) is 5.57 Å². The lowest BCUT2D eigenvalue weighted by atomic mass is 10.0. The second kappa shape index (κ2) is 6.68. The topological polar surface area (TPSA) is 76.1 Å². The maximum atomic E-state index is 12.9. The summed E-state index contributed by atoms with van der Waals surface area (Å²) in [5.74, 6) is -1.06. The third-order valence-corrected chi connectivity index (χ3v) is 3.82. The van der Waals surface area contributed by atoms with E-state index in [1.165, 1.54) is 7.11 Å². The number of amides is 2. The summed E-state index contributed by atoms with van der Waals surface area (Å²) in [6, 6.07) is 13.3. The largest absolute Gasteiger partial charge is 0.502 e. The van der Waals surface area contributed by atoms with Gasteiger partial charge in [0.1, 0.15) is 11.5 Å². The van der Waals surface area contributed by atoms with Crippen molar-refractivity contribution in [3.05, 3.63) is 59.9 Å². The minimum atomic E-state index is -0.778. The van der Waals surface area contributed by atoms with Crippen LogP contribution in [0.1, 0.15) is 12.5 Å². The van der Waals surface area contributed by atoms with E-state index in [0.717, 1.165) is 4.90 Å². The molecule has 2 aromatic rings. The monoisotopic (exact) mass is 339 g/mol. The van der Waals surface area contributed by atoms with Crippen LogP contribution in [0.5, 0.6) is 11.5 Å². The number of hydrogen-bond donors (Lipinski definition) is 1. The number of benzene rings is 2. The van der Waals surface area contributed by atoms with Crippen LogP contribution in [0, 0.1) is 0 Å². The number of carbonyl (C=O) groups excluding carboxylic acids is 2. The number of nitrogens with zero attached hydrogens (tertiary/aromatic N) is 1. The number of ether oxygens (including phenoxy) is 2. The molecular formula is C19H17NO5. The Bertz CT molecular complexity index is 872. The first-order valence-corrected chi connectivity index (χ1v) is 7.76. The fraction of sp³-hybridized carbons (Fsp3) is 0.158. The first-order valence-electron chi connectivity index (χ1n) is 7.76. The summed E-state index contributed by atoms with van der Waals surface area (Å²) in [6.45, 7) is 2.30. The standard InChI is InChI=1S/C19H17NO5/c1-3-25-13-8-6-7-12(11-13)20-18(22)16(17(21)19(20)23)14-9-4-5-10-15(14)24-2/h4-11,21H,3H2,1-2H3. The third-order valence-electron chi connectivity index (χ3n) is 3.82. The highest BCUT2D eigenvalue weighted by Crippen LogP contribution is 2.36. The van der Waals surface area contributed by atoms with Gasteiger partial charge in [-0.25, -0.2) is 4.90 Å². The molecule has 1 aliphatic heterocycles. The molecule has 25 heavy (non-hydrogen) atoms. The number of anilines is 1. The number of para-hydroxylation sites is 1. The lowest BCUT2D eigenvalue weighted by Crippen LogP contribution is -2.31. The molecule has 1 N–H and O–H groups in total. The van der Waals surface area contributed by atoms with Crippen molar-refractivity contribution in [1.29, 1.82) is 0 Å². The van der Waals surface area contributed by atoms with Gasteiger partial charge < -0.3 is 14.6 Å². The normalized spacial score (nSPS) is 14.2. The number of rotatable bonds is 5. The Balaban J connectivity index is 2.04. The summed E-state index contributed by atoms with van der Waals surface area (Å²) in [5.41, 5.74) is 0.617. The summed E-state index contributed by atoms with van der Waals surface area (Å²) in [4.78, 5) is 26.3. The van der Waals surface area contributed by atoms with E-state index in [1.807, 2.05) is 6.92 Å². The predicted molar refractivity (Wildman–Crippen MR) is 92.6 cm³/mol. The van der Waals surface area contributed by atoms with Crippen LogP contribution in [0.3, 0.4) is 0 Å². The van der Waals surface area contributed by atoms with Crippen LogP contribution in [-0.4, -0.2) is 30.6 Å². The molecule has 0 bridgehead atoms. The number of imide groups is 1. The molecule has 0 spiro atoms. The van der Waals surface area contributed by atoms with Crippen LogP contribution < -0.4 is 14.4 Å². The average Bonchev–Trinajstić information content (AvgIpc) is 2.84. The molecule has 0 unspecified atom stereocenters. The van der Waals surface area contributed by atoms with E-state index >= 15 is 0 Å². The maximum Gasteiger partial charge on any atom is 0.301 e. The van der Waals surface area contributed by atoms with Gasteiger partial charge >= 0.3 is 5.91 Å². The van der Waals surface area contributed by atoms with Crippen LogP contribution in [0.4, 0.5) is 5.69 Å². The molecule has 0 aliphatic carbocycles. The molecule has 0 atom stereocenters. The second-order valence-electron chi connectivity index (χ2n) is 5.30. The Morgan fingerprint density at radius 2 is 1.80 bits per heavy atom.